The second kappa shape index (κ2) is 4.78. The SMILES string of the molecule is COc1ccc2c(c1)CCNC2c1cccnc1. The number of aromatic nitrogens is 1. The smallest absolute Gasteiger partial charge is 0.119 e. The quantitative estimate of drug-likeness (QED) is 0.874. The molecule has 3 heteroatoms. The Hall–Kier alpha value is -1.87. The summed E-state index contributed by atoms with van der Waals surface area (Å²) in [6.07, 6.45) is 4.78. The van der Waals surface area contributed by atoms with Crippen LogP contribution in [0.1, 0.15) is 22.7 Å². The van der Waals surface area contributed by atoms with Crippen molar-refractivity contribution in [2.45, 2.75) is 12.5 Å². The highest BCUT2D eigenvalue weighted by Gasteiger charge is 2.21. The van der Waals surface area contributed by atoms with E-state index in [1.54, 1.807) is 13.3 Å². The van der Waals surface area contributed by atoms with Crippen molar-refractivity contribution in [3.63, 3.8) is 0 Å². The number of nitrogens with zero attached hydrogens (tertiary/aromatic N) is 1. The Morgan fingerprint density at radius 2 is 2.28 bits per heavy atom. The fourth-order valence-corrected chi connectivity index (χ4v) is 2.51. The highest BCUT2D eigenvalue weighted by molar-refractivity contribution is 5.43. The molecule has 0 amide bonds. The Labute approximate surface area is 107 Å². The second-order valence-corrected chi connectivity index (χ2v) is 4.49. The van der Waals surface area contributed by atoms with Crippen LogP contribution in [-0.2, 0) is 6.42 Å². The maximum Gasteiger partial charge on any atom is 0.119 e. The minimum atomic E-state index is 0.244. The van der Waals surface area contributed by atoms with E-state index in [-0.39, 0.29) is 6.04 Å². The number of nitrogens with one attached hydrogen (secondary N) is 1. The lowest BCUT2D eigenvalue weighted by Crippen LogP contribution is -2.30. The zero-order chi connectivity index (χ0) is 12.4. The van der Waals surface area contributed by atoms with Gasteiger partial charge in [0.2, 0.25) is 0 Å². The van der Waals surface area contributed by atoms with Gasteiger partial charge in [0.25, 0.3) is 0 Å². The van der Waals surface area contributed by atoms with Gasteiger partial charge in [-0.3, -0.25) is 4.98 Å². The van der Waals surface area contributed by atoms with E-state index in [0.29, 0.717) is 0 Å². The Kier molecular flexibility index (Phi) is 2.99. The van der Waals surface area contributed by atoms with Crippen LogP contribution < -0.4 is 10.1 Å². The number of pyridine rings is 1. The minimum Gasteiger partial charge on any atom is -0.497 e. The summed E-state index contributed by atoms with van der Waals surface area (Å²) in [4.78, 5) is 4.20. The number of rotatable bonds is 2. The van der Waals surface area contributed by atoms with Crippen LogP contribution in [-0.4, -0.2) is 18.6 Å². The number of benzene rings is 1. The van der Waals surface area contributed by atoms with Crippen LogP contribution in [0.25, 0.3) is 0 Å². The molecule has 2 heterocycles. The van der Waals surface area contributed by atoms with E-state index in [0.717, 1.165) is 18.7 Å². The molecule has 1 aromatic carbocycles. The molecule has 3 nitrogen and oxygen atoms in total. The average Bonchev–Trinajstić information content (AvgIpc) is 2.47. The molecule has 1 aliphatic rings. The molecule has 1 aromatic heterocycles. The summed E-state index contributed by atoms with van der Waals surface area (Å²) in [5.41, 5.74) is 3.90. The van der Waals surface area contributed by atoms with E-state index in [9.17, 15) is 0 Å². The first-order chi connectivity index (χ1) is 8.88. The van der Waals surface area contributed by atoms with Gasteiger partial charge < -0.3 is 10.1 Å². The molecule has 0 saturated carbocycles. The molecule has 18 heavy (non-hydrogen) atoms. The van der Waals surface area contributed by atoms with Crippen molar-refractivity contribution in [3.05, 3.63) is 59.4 Å². The lowest BCUT2D eigenvalue weighted by Gasteiger charge is -2.27. The van der Waals surface area contributed by atoms with E-state index < -0.39 is 0 Å². The fraction of sp³-hybridized carbons (Fsp3) is 0.267. The maximum absolute atomic E-state index is 5.29. The van der Waals surface area contributed by atoms with Crippen LogP contribution in [0, 0.1) is 0 Å². The summed E-state index contributed by atoms with van der Waals surface area (Å²) < 4.78 is 5.29. The summed E-state index contributed by atoms with van der Waals surface area (Å²) in [5, 5.41) is 3.55. The summed E-state index contributed by atoms with van der Waals surface area (Å²) in [6, 6.07) is 10.7. The molecule has 0 fully saturated rings. The summed E-state index contributed by atoms with van der Waals surface area (Å²) in [7, 11) is 1.71. The molecule has 1 N–H and O–H groups in total. The molecule has 0 aliphatic carbocycles. The topological polar surface area (TPSA) is 34.1 Å². The van der Waals surface area contributed by atoms with Gasteiger partial charge in [-0.15, -0.1) is 0 Å². The molecule has 1 unspecified atom stereocenters. The number of methoxy groups -OCH3 is 1. The van der Waals surface area contributed by atoms with E-state index in [1.165, 1.54) is 16.7 Å². The zero-order valence-corrected chi connectivity index (χ0v) is 10.4. The van der Waals surface area contributed by atoms with Gasteiger partial charge in [0.1, 0.15) is 5.75 Å². The van der Waals surface area contributed by atoms with Gasteiger partial charge >= 0.3 is 0 Å². The maximum atomic E-state index is 5.29. The van der Waals surface area contributed by atoms with Gasteiger partial charge in [0.05, 0.1) is 13.2 Å². The zero-order valence-electron chi connectivity index (χ0n) is 10.4. The Morgan fingerprint density at radius 1 is 1.33 bits per heavy atom. The highest BCUT2D eigenvalue weighted by atomic mass is 16.5. The van der Waals surface area contributed by atoms with Gasteiger partial charge in [-0.25, -0.2) is 0 Å². The Morgan fingerprint density at radius 3 is 3.06 bits per heavy atom. The third-order valence-electron chi connectivity index (χ3n) is 3.42. The first-order valence-electron chi connectivity index (χ1n) is 6.18. The van der Waals surface area contributed by atoms with E-state index >= 15 is 0 Å². The van der Waals surface area contributed by atoms with Gasteiger partial charge in [-0.1, -0.05) is 12.1 Å². The molecule has 2 aromatic rings. The fourth-order valence-electron chi connectivity index (χ4n) is 2.51. The normalized spacial score (nSPS) is 18.2. The van der Waals surface area contributed by atoms with Crippen LogP contribution >= 0.6 is 0 Å². The van der Waals surface area contributed by atoms with Crippen LogP contribution in [0.2, 0.25) is 0 Å². The number of fused-ring (bicyclic) bond motifs is 1. The highest BCUT2D eigenvalue weighted by Crippen LogP contribution is 2.30. The van der Waals surface area contributed by atoms with E-state index in [4.69, 9.17) is 4.74 Å². The molecule has 0 saturated heterocycles. The van der Waals surface area contributed by atoms with Gasteiger partial charge in [-0.05, 0) is 41.3 Å². The molecule has 1 atom stereocenters. The molecule has 0 spiro atoms. The molecule has 0 bridgehead atoms. The lowest BCUT2D eigenvalue weighted by atomic mass is 9.90. The van der Waals surface area contributed by atoms with Gasteiger partial charge in [0.15, 0.2) is 0 Å². The lowest BCUT2D eigenvalue weighted by molar-refractivity contribution is 0.413. The molecule has 0 radical (unpaired) electrons. The van der Waals surface area contributed by atoms with Crippen molar-refractivity contribution in [3.8, 4) is 5.75 Å². The van der Waals surface area contributed by atoms with Crippen LogP contribution in [0.4, 0.5) is 0 Å². The molecule has 1 aliphatic heterocycles. The molecule has 92 valence electrons. The predicted molar refractivity (Wildman–Crippen MR) is 70.8 cm³/mol. The Balaban J connectivity index is 2.02. The second-order valence-electron chi connectivity index (χ2n) is 4.49. The Bertz CT molecular complexity index is 539. The standard InChI is InChI=1S/C15H16N2O/c1-18-13-4-5-14-11(9-13)6-8-17-15(14)12-3-2-7-16-10-12/h2-5,7,9-10,15,17H,6,8H2,1H3. The van der Waals surface area contributed by atoms with E-state index in [1.807, 2.05) is 18.3 Å². The number of hydrogen-bond donors (Lipinski definition) is 1. The first-order valence-corrected chi connectivity index (χ1v) is 6.18. The molecule has 3 rings (SSSR count). The van der Waals surface area contributed by atoms with Crippen LogP contribution in [0.5, 0.6) is 5.75 Å². The van der Waals surface area contributed by atoms with Crippen molar-refractivity contribution in [1.82, 2.24) is 10.3 Å². The van der Waals surface area contributed by atoms with Crippen molar-refractivity contribution >= 4 is 0 Å². The predicted octanol–water partition coefficient (Wildman–Crippen LogP) is 2.33. The minimum absolute atomic E-state index is 0.244. The average molecular weight is 240 g/mol. The summed E-state index contributed by atoms with van der Waals surface area (Å²) in [6.45, 7) is 0.986. The number of ether oxygens (including phenoxy) is 1. The largest absolute Gasteiger partial charge is 0.497 e. The van der Waals surface area contributed by atoms with E-state index in [2.05, 4.69) is 28.5 Å². The van der Waals surface area contributed by atoms with Crippen molar-refractivity contribution in [2.24, 2.45) is 0 Å². The van der Waals surface area contributed by atoms with Gasteiger partial charge in [-0.2, -0.15) is 0 Å². The van der Waals surface area contributed by atoms with Crippen molar-refractivity contribution in [1.29, 1.82) is 0 Å². The molecular weight excluding hydrogens is 224 g/mol. The first kappa shape index (κ1) is 11.2. The monoisotopic (exact) mass is 240 g/mol. The summed E-state index contributed by atoms with van der Waals surface area (Å²) in [5.74, 6) is 0.931. The third kappa shape index (κ3) is 1.97. The summed E-state index contributed by atoms with van der Waals surface area (Å²) >= 11 is 0. The van der Waals surface area contributed by atoms with Crippen LogP contribution in [0.3, 0.4) is 0 Å². The molecular formula is C15H16N2O. The van der Waals surface area contributed by atoms with Gasteiger partial charge in [0, 0.05) is 18.9 Å². The third-order valence-corrected chi connectivity index (χ3v) is 3.42. The van der Waals surface area contributed by atoms with Crippen LogP contribution in [0.15, 0.2) is 42.7 Å². The van der Waals surface area contributed by atoms with Crippen molar-refractivity contribution < 1.29 is 4.74 Å². The number of hydrogen-bond acceptors (Lipinski definition) is 3. The van der Waals surface area contributed by atoms with Crippen molar-refractivity contribution in [2.75, 3.05) is 13.7 Å².